The molecule has 0 aromatic rings. The van der Waals surface area contributed by atoms with E-state index in [4.69, 9.17) is 0 Å². The molecule has 0 rings (SSSR count). The highest BCUT2D eigenvalue weighted by atomic mass is 31.1. The lowest BCUT2D eigenvalue weighted by Gasteiger charge is -2.39. The summed E-state index contributed by atoms with van der Waals surface area (Å²) in [7, 11) is -0.0113. The van der Waals surface area contributed by atoms with Gasteiger partial charge in [-0.15, -0.1) is 7.92 Å². The standard InChI is InChI=1S/C20H41N2P/c1-14(2)20(23(10)17(7)8)19(18(9)22-16(5)6)12-11-13-21-15(3)4/h14,16-17,19-22H,3,9,11-13H2,1-2,4-8,10H3. The van der Waals surface area contributed by atoms with E-state index in [-0.39, 0.29) is 7.92 Å². The van der Waals surface area contributed by atoms with Gasteiger partial charge in [0.25, 0.3) is 0 Å². The molecule has 0 radical (unpaired) electrons. The maximum Gasteiger partial charge on any atom is 0.0201 e. The van der Waals surface area contributed by atoms with Crippen LogP contribution in [-0.2, 0) is 0 Å². The summed E-state index contributed by atoms with van der Waals surface area (Å²) in [6, 6.07) is 0.452. The van der Waals surface area contributed by atoms with Crippen molar-refractivity contribution in [2.45, 2.75) is 78.7 Å². The van der Waals surface area contributed by atoms with E-state index in [0.29, 0.717) is 17.9 Å². The van der Waals surface area contributed by atoms with Gasteiger partial charge >= 0.3 is 0 Å². The van der Waals surface area contributed by atoms with Gasteiger partial charge in [-0.05, 0) is 57.5 Å². The molecule has 3 unspecified atom stereocenters. The minimum atomic E-state index is -0.0113. The van der Waals surface area contributed by atoms with Crippen molar-refractivity contribution in [2.75, 3.05) is 13.2 Å². The second kappa shape index (κ2) is 11.1. The monoisotopic (exact) mass is 340 g/mol. The second-order valence-corrected chi connectivity index (χ2v) is 10.7. The Morgan fingerprint density at radius 1 is 1.04 bits per heavy atom. The first kappa shape index (κ1) is 22.5. The van der Waals surface area contributed by atoms with E-state index in [2.05, 4.69) is 72.0 Å². The number of hydrogen-bond donors (Lipinski definition) is 2. The Bertz CT molecular complexity index is 361. The summed E-state index contributed by atoms with van der Waals surface area (Å²) in [5.74, 6) is 1.25. The first-order valence-electron chi connectivity index (χ1n) is 9.14. The van der Waals surface area contributed by atoms with Crippen LogP contribution in [0, 0.1) is 11.8 Å². The molecule has 0 bridgehead atoms. The molecule has 0 saturated carbocycles. The average Bonchev–Trinajstić information content (AvgIpc) is 2.39. The Morgan fingerprint density at radius 3 is 2.00 bits per heavy atom. The molecule has 0 heterocycles. The van der Waals surface area contributed by atoms with Crippen LogP contribution in [0.5, 0.6) is 0 Å². The lowest BCUT2D eigenvalue weighted by Crippen LogP contribution is -2.35. The minimum absolute atomic E-state index is 0.0113. The molecule has 136 valence electrons. The van der Waals surface area contributed by atoms with Crippen LogP contribution in [0.3, 0.4) is 0 Å². The molecule has 0 aliphatic carbocycles. The minimum Gasteiger partial charge on any atom is -0.389 e. The summed E-state index contributed by atoms with van der Waals surface area (Å²) >= 11 is 0. The zero-order chi connectivity index (χ0) is 18.2. The molecule has 0 amide bonds. The van der Waals surface area contributed by atoms with E-state index in [9.17, 15) is 0 Å². The van der Waals surface area contributed by atoms with Crippen molar-refractivity contribution in [3.63, 3.8) is 0 Å². The lowest BCUT2D eigenvalue weighted by atomic mass is 9.89. The maximum atomic E-state index is 4.42. The molecule has 3 heteroatoms. The summed E-state index contributed by atoms with van der Waals surface area (Å²) in [6.07, 6.45) is 2.36. The summed E-state index contributed by atoms with van der Waals surface area (Å²) in [4.78, 5) is 0. The van der Waals surface area contributed by atoms with Crippen molar-refractivity contribution >= 4 is 7.92 Å². The molecule has 0 aliphatic rings. The molecule has 3 atom stereocenters. The first-order valence-corrected chi connectivity index (χ1v) is 11.1. The molecule has 0 spiro atoms. The van der Waals surface area contributed by atoms with E-state index < -0.39 is 0 Å². The third kappa shape index (κ3) is 8.80. The maximum absolute atomic E-state index is 4.42. The van der Waals surface area contributed by atoms with Crippen LogP contribution >= 0.6 is 7.92 Å². The van der Waals surface area contributed by atoms with Gasteiger partial charge in [0.05, 0.1) is 0 Å². The van der Waals surface area contributed by atoms with Gasteiger partial charge in [0, 0.05) is 29.9 Å². The molecule has 0 aromatic carbocycles. The van der Waals surface area contributed by atoms with E-state index in [0.717, 1.165) is 23.6 Å². The van der Waals surface area contributed by atoms with Crippen molar-refractivity contribution in [2.24, 2.45) is 11.8 Å². The van der Waals surface area contributed by atoms with Gasteiger partial charge in [-0.25, -0.2) is 0 Å². The van der Waals surface area contributed by atoms with E-state index >= 15 is 0 Å². The Hall–Kier alpha value is -0.490. The van der Waals surface area contributed by atoms with Gasteiger partial charge < -0.3 is 10.6 Å². The Labute approximate surface area is 147 Å². The largest absolute Gasteiger partial charge is 0.389 e. The van der Waals surface area contributed by atoms with Crippen molar-refractivity contribution in [1.29, 1.82) is 0 Å². The van der Waals surface area contributed by atoms with Gasteiger partial charge in [-0.1, -0.05) is 40.9 Å². The molecule has 23 heavy (non-hydrogen) atoms. The fourth-order valence-electron chi connectivity index (χ4n) is 3.22. The van der Waals surface area contributed by atoms with Gasteiger partial charge in [-0.3, -0.25) is 0 Å². The predicted octanol–water partition coefficient (Wildman–Crippen LogP) is 5.56. The third-order valence-electron chi connectivity index (χ3n) is 4.42. The van der Waals surface area contributed by atoms with Crippen molar-refractivity contribution in [3.05, 3.63) is 24.6 Å². The summed E-state index contributed by atoms with van der Waals surface area (Å²) in [5, 5.41) is 6.96. The van der Waals surface area contributed by atoms with Crippen LogP contribution in [-0.4, -0.2) is 30.6 Å². The van der Waals surface area contributed by atoms with Gasteiger partial charge in [0.1, 0.15) is 0 Å². The SMILES string of the molecule is C=C(C)NCCCC(C(=C)NC(C)C)C(C(C)C)P(C)C(C)C. The highest BCUT2D eigenvalue weighted by Crippen LogP contribution is 2.51. The summed E-state index contributed by atoms with van der Waals surface area (Å²) in [5.41, 5.74) is 3.79. The predicted molar refractivity (Wildman–Crippen MR) is 110 cm³/mol. The first-order chi connectivity index (χ1) is 10.6. The van der Waals surface area contributed by atoms with E-state index in [1.165, 1.54) is 18.5 Å². The highest BCUT2D eigenvalue weighted by molar-refractivity contribution is 7.58. The quantitative estimate of drug-likeness (QED) is 0.359. The van der Waals surface area contributed by atoms with Crippen LogP contribution in [0.1, 0.15) is 61.3 Å². The summed E-state index contributed by atoms with van der Waals surface area (Å²) < 4.78 is 0. The van der Waals surface area contributed by atoms with E-state index in [1.54, 1.807) is 0 Å². The van der Waals surface area contributed by atoms with Crippen molar-refractivity contribution < 1.29 is 0 Å². The fraction of sp³-hybridized carbons (Fsp3) is 0.800. The van der Waals surface area contributed by atoms with Crippen LogP contribution in [0.4, 0.5) is 0 Å². The molecule has 0 aliphatic heterocycles. The number of nitrogens with one attached hydrogen (secondary N) is 2. The Morgan fingerprint density at radius 2 is 1.61 bits per heavy atom. The fourth-order valence-corrected chi connectivity index (χ4v) is 5.74. The average molecular weight is 341 g/mol. The molecule has 0 aromatic heterocycles. The number of hydrogen-bond acceptors (Lipinski definition) is 2. The molecular weight excluding hydrogens is 299 g/mol. The normalized spacial score (nSPS) is 15.6. The number of allylic oxidation sites excluding steroid dienone is 2. The van der Waals surface area contributed by atoms with Crippen LogP contribution in [0.25, 0.3) is 0 Å². The van der Waals surface area contributed by atoms with Gasteiger partial charge in [0.15, 0.2) is 0 Å². The molecular formula is C20H41N2P. The highest BCUT2D eigenvalue weighted by Gasteiger charge is 2.32. The van der Waals surface area contributed by atoms with Crippen LogP contribution in [0.2, 0.25) is 0 Å². The molecule has 2 N–H and O–H groups in total. The topological polar surface area (TPSA) is 24.1 Å². The van der Waals surface area contributed by atoms with Gasteiger partial charge in [-0.2, -0.15) is 0 Å². The van der Waals surface area contributed by atoms with E-state index in [1.807, 2.05) is 6.92 Å². The number of rotatable bonds is 12. The third-order valence-corrected chi connectivity index (χ3v) is 7.95. The zero-order valence-corrected chi connectivity index (χ0v) is 17.8. The lowest BCUT2D eigenvalue weighted by molar-refractivity contribution is 0.405. The smallest absolute Gasteiger partial charge is 0.0201 e. The molecule has 0 saturated heterocycles. The zero-order valence-electron chi connectivity index (χ0n) is 16.9. The Kier molecular flexibility index (Phi) is 10.9. The van der Waals surface area contributed by atoms with Crippen LogP contribution in [0.15, 0.2) is 24.6 Å². The summed E-state index contributed by atoms with van der Waals surface area (Å²) in [6.45, 7) is 27.8. The van der Waals surface area contributed by atoms with Crippen LogP contribution < -0.4 is 10.6 Å². The molecule has 2 nitrogen and oxygen atoms in total. The Balaban J connectivity index is 5.10. The van der Waals surface area contributed by atoms with Gasteiger partial charge in [0.2, 0.25) is 0 Å². The second-order valence-electron chi connectivity index (χ2n) is 7.77. The van der Waals surface area contributed by atoms with Crippen molar-refractivity contribution in [3.8, 4) is 0 Å². The van der Waals surface area contributed by atoms with Crippen molar-refractivity contribution in [1.82, 2.24) is 10.6 Å². The molecule has 0 fully saturated rings.